The number of hydrogen-bond acceptors (Lipinski definition) is 2. The van der Waals surface area contributed by atoms with Crippen LogP contribution in [0.15, 0.2) is 42.2 Å². The molecule has 1 aromatic carbocycles. The van der Waals surface area contributed by atoms with E-state index in [-0.39, 0.29) is 48.5 Å². The summed E-state index contributed by atoms with van der Waals surface area (Å²) in [6.45, 7) is 13.8. The van der Waals surface area contributed by atoms with E-state index in [0.29, 0.717) is 6.61 Å². The molecule has 2 aliphatic heterocycles. The molecule has 2 aliphatic rings. The van der Waals surface area contributed by atoms with Crippen molar-refractivity contribution in [2.75, 3.05) is 13.2 Å². The van der Waals surface area contributed by atoms with Crippen LogP contribution < -0.4 is 0 Å². The SMILES string of the molecule is CC.CCC.C[C@H](c1ccccc1)N1C[C@]2(C)COC=C2C1=O.[U]. The van der Waals surface area contributed by atoms with Crippen molar-refractivity contribution in [2.24, 2.45) is 5.41 Å². The van der Waals surface area contributed by atoms with E-state index in [2.05, 4.69) is 39.8 Å². The number of rotatable bonds is 2. The number of fused-ring (bicyclic) bond motifs is 1. The minimum absolute atomic E-state index is 0. The molecule has 0 N–H and O–H groups in total. The molecule has 24 heavy (non-hydrogen) atoms. The fraction of sp³-hybridized carbons (Fsp3) is 0.550. The van der Waals surface area contributed by atoms with Gasteiger partial charge in [0.15, 0.2) is 0 Å². The van der Waals surface area contributed by atoms with Crippen LogP contribution in [0.25, 0.3) is 0 Å². The molecular formula is C20H31NO2U. The van der Waals surface area contributed by atoms with Gasteiger partial charge in [0.05, 0.1) is 29.9 Å². The van der Waals surface area contributed by atoms with Crippen molar-refractivity contribution in [3.63, 3.8) is 0 Å². The minimum atomic E-state index is -0.125. The van der Waals surface area contributed by atoms with E-state index in [4.69, 9.17) is 4.74 Å². The summed E-state index contributed by atoms with van der Waals surface area (Å²) < 4.78 is 5.31. The molecule has 0 saturated carbocycles. The molecule has 132 valence electrons. The van der Waals surface area contributed by atoms with Crippen molar-refractivity contribution >= 4 is 5.91 Å². The average Bonchev–Trinajstić information content (AvgIpc) is 3.07. The second kappa shape index (κ2) is 11.0. The smallest absolute Gasteiger partial charge is 0.254 e. The molecule has 0 radical (unpaired) electrons. The third-order valence-electron chi connectivity index (χ3n) is 4.01. The maximum Gasteiger partial charge on any atom is 0.254 e. The topological polar surface area (TPSA) is 29.5 Å². The normalized spacial score (nSPS) is 21.8. The maximum absolute atomic E-state index is 12.4. The first-order valence-electron chi connectivity index (χ1n) is 8.71. The van der Waals surface area contributed by atoms with Crippen molar-refractivity contribution in [2.45, 2.75) is 54.0 Å². The average molecular weight is 556 g/mol. The van der Waals surface area contributed by atoms with Crippen LogP contribution in [0.2, 0.25) is 0 Å². The summed E-state index contributed by atoms with van der Waals surface area (Å²) in [4.78, 5) is 14.3. The number of hydrogen-bond donors (Lipinski definition) is 0. The zero-order valence-corrected chi connectivity index (χ0v) is 20.1. The Morgan fingerprint density at radius 2 is 1.75 bits per heavy atom. The van der Waals surface area contributed by atoms with Crippen molar-refractivity contribution in [1.82, 2.24) is 4.90 Å². The van der Waals surface area contributed by atoms with Gasteiger partial charge in [0, 0.05) is 37.7 Å². The van der Waals surface area contributed by atoms with Crippen LogP contribution in [0, 0.1) is 36.5 Å². The molecule has 1 saturated heterocycles. The molecular weight excluding hydrogens is 524 g/mol. The predicted molar refractivity (Wildman–Crippen MR) is 96.0 cm³/mol. The van der Waals surface area contributed by atoms with Gasteiger partial charge in [-0.15, -0.1) is 0 Å². The Labute approximate surface area is 171 Å². The van der Waals surface area contributed by atoms with Crippen LogP contribution in [0.5, 0.6) is 0 Å². The molecule has 1 fully saturated rings. The molecule has 2 heterocycles. The van der Waals surface area contributed by atoms with E-state index in [1.54, 1.807) is 6.26 Å². The molecule has 1 aromatic rings. The maximum atomic E-state index is 12.4. The number of carbonyl (C=O) groups excluding carboxylic acids is 1. The van der Waals surface area contributed by atoms with Gasteiger partial charge >= 0.3 is 0 Å². The van der Waals surface area contributed by atoms with E-state index in [1.807, 2.05) is 36.9 Å². The summed E-state index contributed by atoms with van der Waals surface area (Å²) in [5.74, 6) is 0.117. The summed E-state index contributed by atoms with van der Waals surface area (Å²) in [5, 5.41) is 0. The van der Waals surface area contributed by atoms with Gasteiger partial charge in [0.2, 0.25) is 0 Å². The standard InChI is InChI=1S/C15H17NO2.C3H8.C2H6.U/c1-11(12-6-4-3-5-7-12)16-9-15(2)10-18-8-13(15)14(16)17;1-3-2;1-2;/h3-8,11H,9-10H2,1-2H3;3H2,1-2H3;1-2H3;/t11-,15-;;;/m1.../s1. The van der Waals surface area contributed by atoms with Crippen molar-refractivity contribution < 1.29 is 40.6 Å². The van der Waals surface area contributed by atoms with Gasteiger partial charge in [-0.3, -0.25) is 4.79 Å². The largest absolute Gasteiger partial charge is 0.500 e. The summed E-state index contributed by atoms with van der Waals surface area (Å²) >= 11 is 0. The van der Waals surface area contributed by atoms with E-state index in [1.165, 1.54) is 12.0 Å². The molecule has 0 unspecified atom stereocenters. The Hall–Kier alpha value is -0.718. The molecule has 4 heteroatoms. The van der Waals surface area contributed by atoms with Gasteiger partial charge in [-0.05, 0) is 12.5 Å². The van der Waals surface area contributed by atoms with E-state index in [9.17, 15) is 4.79 Å². The molecule has 0 aromatic heterocycles. The van der Waals surface area contributed by atoms with Gasteiger partial charge < -0.3 is 9.64 Å². The number of amides is 1. The Bertz CT molecular complexity index is 530. The molecule has 3 rings (SSSR count). The fourth-order valence-electron chi connectivity index (χ4n) is 2.80. The Morgan fingerprint density at radius 3 is 2.25 bits per heavy atom. The quantitative estimate of drug-likeness (QED) is 0.517. The summed E-state index contributed by atoms with van der Waals surface area (Å²) in [5.41, 5.74) is 1.88. The van der Waals surface area contributed by atoms with Crippen molar-refractivity contribution in [3.8, 4) is 0 Å². The zero-order valence-electron chi connectivity index (χ0n) is 15.9. The monoisotopic (exact) mass is 555 g/mol. The number of benzene rings is 1. The molecule has 0 bridgehead atoms. The summed E-state index contributed by atoms with van der Waals surface area (Å²) in [6, 6.07) is 10.3. The molecule has 0 spiro atoms. The first-order chi connectivity index (χ1) is 11.0. The van der Waals surface area contributed by atoms with Crippen molar-refractivity contribution in [3.05, 3.63) is 47.7 Å². The third kappa shape index (κ3) is 5.14. The van der Waals surface area contributed by atoms with Gasteiger partial charge in [-0.1, -0.05) is 71.4 Å². The van der Waals surface area contributed by atoms with Crippen LogP contribution in [-0.2, 0) is 9.53 Å². The van der Waals surface area contributed by atoms with Gasteiger partial charge in [0.25, 0.3) is 5.91 Å². The van der Waals surface area contributed by atoms with Gasteiger partial charge in [-0.25, -0.2) is 0 Å². The second-order valence-electron chi connectivity index (χ2n) is 6.13. The molecule has 3 nitrogen and oxygen atoms in total. The minimum Gasteiger partial charge on any atom is -0.500 e. The van der Waals surface area contributed by atoms with E-state index >= 15 is 0 Å². The number of carbonyl (C=O) groups is 1. The van der Waals surface area contributed by atoms with Crippen LogP contribution in [0.1, 0.15) is 59.6 Å². The molecule has 2 atom stereocenters. The van der Waals surface area contributed by atoms with Gasteiger partial charge in [-0.2, -0.15) is 0 Å². The van der Waals surface area contributed by atoms with Crippen molar-refractivity contribution in [1.29, 1.82) is 0 Å². The van der Waals surface area contributed by atoms with E-state index in [0.717, 1.165) is 12.1 Å². The zero-order chi connectivity index (χ0) is 17.5. The second-order valence-corrected chi connectivity index (χ2v) is 6.13. The molecule has 1 amide bonds. The number of likely N-dealkylation sites (tertiary alicyclic amines) is 1. The number of nitrogens with zero attached hydrogens (tertiary/aromatic N) is 1. The first-order valence-corrected chi connectivity index (χ1v) is 8.71. The Balaban J connectivity index is 0.000000799. The van der Waals surface area contributed by atoms with Crippen LogP contribution >= 0.6 is 0 Å². The van der Waals surface area contributed by atoms with Crippen LogP contribution in [0.3, 0.4) is 0 Å². The van der Waals surface area contributed by atoms with Gasteiger partial charge in [0.1, 0.15) is 0 Å². The first kappa shape index (κ1) is 23.3. The predicted octanol–water partition coefficient (Wildman–Crippen LogP) is 4.95. The van der Waals surface area contributed by atoms with Crippen LogP contribution in [0.4, 0.5) is 0 Å². The summed E-state index contributed by atoms with van der Waals surface area (Å²) in [7, 11) is 0. The summed E-state index contributed by atoms with van der Waals surface area (Å²) in [6.07, 6.45) is 2.89. The van der Waals surface area contributed by atoms with E-state index < -0.39 is 0 Å². The fourth-order valence-corrected chi connectivity index (χ4v) is 2.80. The van der Waals surface area contributed by atoms with Crippen LogP contribution in [-0.4, -0.2) is 24.0 Å². The third-order valence-corrected chi connectivity index (χ3v) is 4.01. The Kier molecular flexibility index (Phi) is 10.7. The molecule has 0 aliphatic carbocycles. The number of ether oxygens (including phenoxy) is 1. The Morgan fingerprint density at radius 1 is 1.21 bits per heavy atom.